The van der Waals surface area contributed by atoms with Crippen molar-refractivity contribution in [2.45, 2.75) is 17.7 Å². The molecule has 0 aliphatic heterocycles. The number of sulfonamides is 1. The fourth-order valence-corrected chi connectivity index (χ4v) is 2.99. The zero-order chi connectivity index (χ0) is 14.4. The molecule has 2 rings (SSSR count). The van der Waals surface area contributed by atoms with Gasteiger partial charge in [-0.1, -0.05) is 36.4 Å². The molecule has 5 heteroatoms. The van der Waals surface area contributed by atoms with E-state index < -0.39 is 10.0 Å². The van der Waals surface area contributed by atoms with E-state index >= 15 is 0 Å². The van der Waals surface area contributed by atoms with Gasteiger partial charge in [0.15, 0.2) is 0 Å². The van der Waals surface area contributed by atoms with Crippen molar-refractivity contribution in [2.24, 2.45) is 0 Å². The maximum absolute atomic E-state index is 11.9. The van der Waals surface area contributed by atoms with Crippen LogP contribution in [0.5, 0.6) is 5.75 Å². The van der Waals surface area contributed by atoms with Crippen molar-refractivity contribution in [1.29, 1.82) is 0 Å². The van der Waals surface area contributed by atoms with E-state index in [-0.39, 0.29) is 10.6 Å². The van der Waals surface area contributed by atoms with Crippen LogP contribution in [0, 0.1) is 0 Å². The van der Waals surface area contributed by atoms with E-state index in [4.69, 9.17) is 0 Å². The SMILES string of the molecule is O=S(=O)(NCCCc1ccccc1O)c1ccccc1. The van der Waals surface area contributed by atoms with Gasteiger partial charge in [-0.15, -0.1) is 0 Å². The lowest BCUT2D eigenvalue weighted by Gasteiger charge is -2.07. The van der Waals surface area contributed by atoms with Crippen LogP contribution in [0.4, 0.5) is 0 Å². The molecule has 4 nitrogen and oxygen atoms in total. The standard InChI is InChI=1S/C15H17NO3S/c17-15-11-5-4-7-13(15)8-6-12-16-20(18,19)14-9-2-1-3-10-14/h1-5,7,9-11,16-17H,6,8,12H2. The molecule has 0 atom stereocenters. The molecule has 0 spiro atoms. The molecule has 106 valence electrons. The summed E-state index contributed by atoms with van der Waals surface area (Å²) < 4.78 is 26.5. The number of phenolic OH excluding ortho intramolecular Hbond substituents is 1. The highest BCUT2D eigenvalue weighted by Crippen LogP contribution is 2.17. The average Bonchev–Trinajstić information content (AvgIpc) is 2.46. The van der Waals surface area contributed by atoms with Gasteiger partial charge in [-0.05, 0) is 36.6 Å². The minimum atomic E-state index is -3.44. The molecule has 0 heterocycles. The second kappa shape index (κ2) is 6.54. The van der Waals surface area contributed by atoms with Gasteiger partial charge in [0, 0.05) is 6.54 Å². The van der Waals surface area contributed by atoms with Crippen LogP contribution in [0.1, 0.15) is 12.0 Å². The first kappa shape index (κ1) is 14.6. The maximum atomic E-state index is 11.9. The molecule has 20 heavy (non-hydrogen) atoms. The minimum absolute atomic E-state index is 0.249. The van der Waals surface area contributed by atoms with Gasteiger partial charge in [-0.3, -0.25) is 0 Å². The van der Waals surface area contributed by atoms with Gasteiger partial charge in [0.05, 0.1) is 4.90 Å². The van der Waals surface area contributed by atoms with Crippen LogP contribution >= 0.6 is 0 Å². The Morgan fingerprint density at radius 2 is 1.60 bits per heavy atom. The van der Waals surface area contributed by atoms with Crippen LogP contribution in [0.3, 0.4) is 0 Å². The normalized spacial score (nSPS) is 11.4. The third-order valence-electron chi connectivity index (χ3n) is 2.96. The van der Waals surface area contributed by atoms with Crippen molar-refractivity contribution in [3.8, 4) is 5.75 Å². The summed E-state index contributed by atoms with van der Waals surface area (Å²) in [4.78, 5) is 0.266. The van der Waals surface area contributed by atoms with E-state index in [1.807, 2.05) is 12.1 Å². The summed E-state index contributed by atoms with van der Waals surface area (Å²) in [7, 11) is -3.44. The first-order valence-electron chi connectivity index (χ1n) is 6.41. The third-order valence-corrected chi connectivity index (χ3v) is 4.44. The molecule has 0 bridgehead atoms. The predicted molar refractivity (Wildman–Crippen MR) is 78.1 cm³/mol. The number of aryl methyl sites for hydroxylation is 1. The Kier molecular flexibility index (Phi) is 4.76. The molecule has 0 aliphatic carbocycles. The number of benzene rings is 2. The first-order chi connectivity index (χ1) is 9.59. The molecule has 0 aromatic heterocycles. The molecular formula is C15H17NO3S. The molecule has 0 fully saturated rings. The Labute approximate surface area is 119 Å². The highest BCUT2D eigenvalue weighted by atomic mass is 32.2. The van der Waals surface area contributed by atoms with Gasteiger partial charge in [0.25, 0.3) is 0 Å². The zero-order valence-corrected chi connectivity index (χ0v) is 11.8. The molecule has 0 saturated carbocycles. The fraction of sp³-hybridized carbons (Fsp3) is 0.200. The summed E-state index contributed by atoms with van der Waals surface area (Å²) in [6.45, 7) is 0.339. The smallest absolute Gasteiger partial charge is 0.240 e. The monoisotopic (exact) mass is 291 g/mol. The van der Waals surface area contributed by atoms with Crippen molar-refractivity contribution in [3.05, 3.63) is 60.2 Å². The lowest BCUT2D eigenvalue weighted by Crippen LogP contribution is -2.25. The van der Waals surface area contributed by atoms with Gasteiger partial charge in [0.1, 0.15) is 5.75 Å². The van der Waals surface area contributed by atoms with Crippen molar-refractivity contribution in [2.75, 3.05) is 6.54 Å². The van der Waals surface area contributed by atoms with Gasteiger partial charge in [0.2, 0.25) is 10.0 Å². The number of phenols is 1. The van der Waals surface area contributed by atoms with Crippen LogP contribution in [-0.4, -0.2) is 20.1 Å². The van der Waals surface area contributed by atoms with Crippen molar-refractivity contribution in [3.63, 3.8) is 0 Å². The second-order valence-electron chi connectivity index (χ2n) is 4.44. The molecule has 2 N–H and O–H groups in total. The highest BCUT2D eigenvalue weighted by Gasteiger charge is 2.12. The summed E-state index contributed by atoms with van der Waals surface area (Å²) in [6.07, 6.45) is 1.26. The molecule has 2 aromatic rings. The summed E-state index contributed by atoms with van der Waals surface area (Å²) in [5.41, 5.74) is 0.825. The molecule has 0 amide bonds. The van der Waals surface area contributed by atoms with Gasteiger partial charge >= 0.3 is 0 Å². The highest BCUT2D eigenvalue weighted by molar-refractivity contribution is 7.89. The summed E-state index contributed by atoms with van der Waals surface area (Å²) >= 11 is 0. The van der Waals surface area contributed by atoms with E-state index in [9.17, 15) is 13.5 Å². The van der Waals surface area contributed by atoms with Gasteiger partial charge in [-0.25, -0.2) is 13.1 Å². The Bertz CT molecular complexity index is 654. The Morgan fingerprint density at radius 1 is 0.950 bits per heavy atom. The van der Waals surface area contributed by atoms with Crippen molar-refractivity contribution < 1.29 is 13.5 Å². The summed E-state index contributed by atoms with van der Waals surface area (Å²) in [6, 6.07) is 15.4. The fourth-order valence-electron chi connectivity index (χ4n) is 1.89. The average molecular weight is 291 g/mol. The molecule has 0 saturated heterocycles. The number of hydrogen-bond acceptors (Lipinski definition) is 3. The number of aromatic hydroxyl groups is 1. The Morgan fingerprint density at radius 3 is 2.30 bits per heavy atom. The van der Waals surface area contributed by atoms with Gasteiger partial charge in [-0.2, -0.15) is 0 Å². The van der Waals surface area contributed by atoms with Crippen LogP contribution < -0.4 is 4.72 Å². The van der Waals surface area contributed by atoms with E-state index in [2.05, 4.69) is 4.72 Å². The van der Waals surface area contributed by atoms with Crippen LogP contribution in [-0.2, 0) is 16.4 Å². The predicted octanol–water partition coefficient (Wildman–Crippen LogP) is 2.30. The maximum Gasteiger partial charge on any atom is 0.240 e. The number of rotatable bonds is 6. The lowest BCUT2D eigenvalue weighted by molar-refractivity contribution is 0.467. The Hall–Kier alpha value is -1.85. The molecule has 0 radical (unpaired) electrons. The van der Waals surface area contributed by atoms with Crippen LogP contribution in [0.2, 0.25) is 0 Å². The van der Waals surface area contributed by atoms with Gasteiger partial charge < -0.3 is 5.11 Å². The topological polar surface area (TPSA) is 66.4 Å². The first-order valence-corrected chi connectivity index (χ1v) is 7.89. The largest absolute Gasteiger partial charge is 0.508 e. The van der Waals surface area contributed by atoms with Crippen molar-refractivity contribution >= 4 is 10.0 Å². The number of hydrogen-bond donors (Lipinski definition) is 2. The second-order valence-corrected chi connectivity index (χ2v) is 6.21. The quantitative estimate of drug-likeness (QED) is 0.803. The molecular weight excluding hydrogens is 274 g/mol. The molecule has 0 unspecified atom stereocenters. The molecule has 0 aliphatic rings. The Balaban J connectivity index is 1.86. The molecule has 2 aromatic carbocycles. The summed E-state index contributed by atoms with van der Waals surface area (Å²) in [5.74, 6) is 0.249. The zero-order valence-electron chi connectivity index (χ0n) is 11.0. The minimum Gasteiger partial charge on any atom is -0.508 e. The van der Waals surface area contributed by atoms with Crippen LogP contribution in [0.25, 0.3) is 0 Å². The number of nitrogens with one attached hydrogen (secondary N) is 1. The third kappa shape index (κ3) is 3.82. The lowest BCUT2D eigenvalue weighted by atomic mass is 10.1. The van der Waals surface area contributed by atoms with E-state index in [1.165, 1.54) is 0 Å². The van der Waals surface area contributed by atoms with E-state index in [0.29, 0.717) is 19.4 Å². The van der Waals surface area contributed by atoms with E-state index in [1.54, 1.807) is 42.5 Å². The summed E-state index contributed by atoms with van der Waals surface area (Å²) in [5, 5.41) is 9.61. The van der Waals surface area contributed by atoms with Crippen molar-refractivity contribution in [1.82, 2.24) is 4.72 Å². The van der Waals surface area contributed by atoms with Crippen LogP contribution in [0.15, 0.2) is 59.5 Å². The number of para-hydroxylation sites is 1. The van der Waals surface area contributed by atoms with E-state index in [0.717, 1.165) is 5.56 Å².